The van der Waals surface area contributed by atoms with Crippen LogP contribution in [0.1, 0.15) is 30.5 Å². The van der Waals surface area contributed by atoms with Crippen LogP contribution in [0.3, 0.4) is 0 Å². The summed E-state index contributed by atoms with van der Waals surface area (Å²) in [5.41, 5.74) is 3.80. The van der Waals surface area contributed by atoms with Gasteiger partial charge in [-0.25, -0.2) is 0 Å². The van der Waals surface area contributed by atoms with Gasteiger partial charge in [-0.1, -0.05) is 13.8 Å². The first kappa shape index (κ1) is 14.8. The van der Waals surface area contributed by atoms with Crippen molar-refractivity contribution in [3.8, 4) is 6.07 Å². The maximum absolute atomic E-state index is 9.43. The number of alkyl halides is 1. The Morgan fingerprint density at radius 3 is 2.28 bits per heavy atom. The number of aliphatic hydroxyl groups is 1. The molecule has 18 heavy (non-hydrogen) atoms. The standard InChI is InChI=1S/C14H19ClN2O/c1-3-10-5-12(17-9-13(18)7-15)6-11(4-2)14(10)8-16/h5-6,13,17-18H,3-4,7,9H2,1-2H3. The van der Waals surface area contributed by atoms with Gasteiger partial charge in [-0.3, -0.25) is 0 Å². The fraction of sp³-hybridized carbons (Fsp3) is 0.500. The minimum atomic E-state index is -0.558. The zero-order valence-electron chi connectivity index (χ0n) is 10.8. The third-order valence-electron chi connectivity index (χ3n) is 2.90. The maximum Gasteiger partial charge on any atom is 0.0997 e. The topological polar surface area (TPSA) is 56.0 Å². The fourth-order valence-corrected chi connectivity index (χ4v) is 1.97. The van der Waals surface area contributed by atoms with Gasteiger partial charge >= 0.3 is 0 Å². The maximum atomic E-state index is 9.43. The van der Waals surface area contributed by atoms with Crippen molar-refractivity contribution >= 4 is 17.3 Å². The van der Waals surface area contributed by atoms with E-state index in [9.17, 15) is 10.4 Å². The number of aryl methyl sites for hydroxylation is 2. The van der Waals surface area contributed by atoms with Gasteiger partial charge < -0.3 is 10.4 Å². The summed E-state index contributed by atoms with van der Waals surface area (Å²) in [5, 5.41) is 21.8. The molecule has 1 aromatic rings. The molecular weight excluding hydrogens is 248 g/mol. The van der Waals surface area contributed by atoms with Gasteiger partial charge in [0, 0.05) is 12.2 Å². The molecular formula is C14H19ClN2O. The molecule has 1 aromatic carbocycles. The predicted octanol–water partition coefficient (Wildman–Crippen LogP) is 2.69. The molecule has 0 aliphatic heterocycles. The van der Waals surface area contributed by atoms with Crippen molar-refractivity contribution in [1.29, 1.82) is 5.26 Å². The first-order valence-corrected chi connectivity index (χ1v) is 6.73. The summed E-state index contributed by atoms with van der Waals surface area (Å²) in [6.07, 6.45) is 1.09. The van der Waals surface area contributed by atoms with Crippen LogP contribution >= 0.6 is 11.6 Å². The van der Waals surface area contributed by atoms with Crippen LogP contribution in [0, 0.1) is 11.3 Å². The molecule has 0 aromatic heterocycles. The second kappa shape index (κ2) is 7.25. The average Bonchev–Trinajstić information content (AvgIpc) is 2.43. The van der Waals surface area contributed by atoms with Crippen molar-refractivity contribution in [3.05, 3.63) is 28.8 Å². The van der Waals surface area contributed by atoms with Crippen molar-refractivity contribution in [1.82, 2.24) is 0 Å². The molecule has 0 aliphatic carbocycles. The van der Waals surface area contributed by atoms with Gasteiger partial charge in [-0.2, -0.15) is 5.26 Å². The number of hydrogen-bond donors (Lipinski definition) is 2. The molecule has 2 N–H and O–H groups in total. The van der Waals surface area contributed by atoms with Gasteiger partial charge in [0.2, 0.25) is 0 Å². The Bertz CT molecular complexity index is 415. The van der Waals surface area contributed by atoms with Crippen molar-refractivity contribution < 1.29 is 5.11 Å². The number of rotatable bonds is 6. The molecule has 0 fully saturated rings. The number of hydrogen-bond acceptors (Lipinski definition) is 3. The summed E-state index contributed by atoms with van der Waals surface area (Å²) in [7, 11) is 0. The number of nitrogens with zero attached hydrogens (tertiary/aromatic N) is 1. The highest BCUT2D eigenvalue weighted by Gasteiger charge is 2.09. The Hall–Kier alpha value is -1.24. The Morgan fingerprint density at radius 1 is 1.33 bits per heavy atom. The second-order valence-electron chi connectivity index (χ2n) is 4.18. The highest BCUT2D eigenvalue weighted by atomic mass is 35.5. The molecule has 0 bridgehead atoms. The number of nitriles is 1. The minimum Gasteiger partial charge on any atom is -0.390 e. The summed E-state index contributed by atoms with van der Waals surface area (Å²) in [6, 6.07) is 6.21. The van der Waals surface area contributed by atoms with E-state index < -0.39 is 6.10 Å². The summed E-state index contributed by atoms with van der Waals surface area (Å²) >= 11 is 5.55. The van der Waals surface area contributed by atoms with Gasteiger partial charge in [-0.05, 0) is 36.1 Å². The second-order valence-corrected chi connectivity index (χ2v) is 4.49. The molecule has 98 valence electrons. The largest absolute Gasteiger partial charge is 0.390 e. The predicted molar refractivity (Wildman–Crippen MR) is 75.1 cm³/mol. The van der Waals surface area contributed by atoms with E-state index >= 15 is 0 Å². The molecule has 0 saturated heterocycles. The minimum absolute atomic E-state index is 0.213. The van der Waals surface area contributed by atoms with E-state index in [1.807, 2.05) is 26.0 Å². The molecule has 0 saturated carbocycles. The summed E-state index contributed by atoms with van der Waals surface area (Å²) in [4.78, 5) is 0. The Kier molecular flexibility index (Phi) is 5.97. The van der Waals surface area contributed by atoms with Crippen LogP contribution < -0.4 is 5.32 Å². The lowest BCUT2D eigenvalue weighted by molar-refractivity contribution is 0.211. The van der Waals surface area contributed by atoms with Gasteiger partial charge in [-0.15, -0.1) is 11.6 Å². The Balaban J connectivity index is 2.97. The first-order chi connectivity index (χ1) is 8.65. The van der Waals surface area contributed by atoms with Crippen molar-refractivity contribution in [2.75, 3.05) is 17.7 Å². The number of nitrogens with one attached hydrogen (secondary N) is 1. The van der Waals surface area contributed by atoms with Gasteiger partial charge in [0.05, 0.1) is 23.6 Å². The molecule has 3 nitrogen and oxygen atoms in total. The van der Waals surface area contributed by atoms with Crippen molar-refractivity contribution in [3.63, 3.8) is 0 Å². The quantitative estimate of drug-likeness (QED) is 0.779. The summed E-state index contributed by atoms with van der Waals surface area (Å²) in [5.74, 6) is 0.213. The molecule has 1 unspecified atom stereocenters. The third kappa shape index (κ3) is 3.63. The highest BCUT2D eigenvalue weighted by molar-refractivity contribution is 6.18. The summed E-state index contributed by atoms with van der Waals surface area (Å²) in [6.45, 7) is 4.49. The van der Waals surface area contributed by atoms with Crippen LogP contribution in [0.5, 0.6) is 0 Å². The number of anilines is 1. The molecule has 0 heterocycles. The van der Waals surface area contributed by atoms with Crippen molar-refractivity contribution in [2.45, 2.75) is 32.8 Å². The average molecular weight is 267 g/mol. The normalized spacial score (nSPS) is 11.9. The van der Waals surface area contributed by atoms with E-state index in [0.29, 0.717) is 6.54 Å². The fourth-order valence-electron chi connectivity index (χ4n) is 1.86. The monoisotopic (exact) mass is 266 g/mol. The van der Waals surface area contributed by atoms with E-state index in [2.05, 4.69) is 11.4 Å². The first-order valence-electron chi connectivity index (χ1n) is 6.20. The molecule has 0 spiro atoms. The van der Waals surface area contributed by atoms with E-state index in [0.717, 1.165) is 35.2 Å². The summed E-state index contributed by atoms with van der Waals surface area (Å²) < 4.78 is 0. The van der Waals surface area contributed by atoms with Gasteiger partial charge in [0.1, 0.15) is 0 Å². The molecule has 1 rings (SSSR count). The Morgan fingerprint density at radius 2 is 1.89 bits per heavy atom. The molecule has 0 amide bonds. The lowest BCUT2D eigenvalue weighted by Gasteiger charge is -2.14. The van der Waals surface area contributed by atoms with Gasteiger partial charge in [0.15, 0.2) is 0 Å². The van der Waals surface area contributed by atoms with Crippen LogP contribution in [0.4, 0.5) is 5.69 Å². The molecule has 1 atom stereocenters. The van der Waals surface area contributed by atoms with Crippen LogP contribution in [0.15, 0.2) is 12.1 Å². The molecule has 0 radical (unpaired) electrons. The van der Waals surface area contributed by atoms with Crippen molar-refractivity contribution in [2.24, 2.45) is 0 Å². The smallest absolute Gasteiger partial charge is 0.0997 e. The lowest BCUT2D eigenvalue weighted by atomic mass is 9.97. The number of halogens is 1. The Labute approximate surface area is 113 Å². The molecule has 4 heteroatoms. The van der Waals surface area contributed by atoms with E-state index in [4.69, 9.17) is 11.6 Å². The van der Waals surface area contributed by atoms with Crippen LogP contribution in [0.25, 0.3) is 0 Å². The third-order valence-corrected chi connectivity index (χ3v) is 3.25. The lowest BCUT2D eigenvalue weighted by Crippen LogP contribution is -2.21. The zero-order valence-corrected chi connectivity index (χ0v) is 11.6. The van der Waals surface area contributed by atoms with Gasteiger partial charge in [0.25, 0.3) is 0 Å². The van der Waals surface area contributed by atoms with E-state index in [-0.39, 0.29) is 5.88 Å². The van der Waals surface area contributed by atoms with E-state index in [1.165, 1.54) is 0 Å². The van der Waals surface area contributed by atoms with Crippen LogP contribution in [-0.2, 0) is 12.8 Å². The van der Waals surface area contributed by atoms with Crippen LogP contribution in [-0.4, -0.2) is 23.6 Å². The highest BCUT2D eigenvalue weighted by Crippen LogP contribution is 2.22. The number of aliphatic hydroxyl groups excluding tert-OH is 1. The van der Waals surface area contributed by atoms with Crippen LogP contribution in [0.2, 0.25) is 0 Å². The zero-order chi connectivity index (χ0) is 13.5. The number of benzene rings is 1. The van der Waals surface area contributed by atoms with E-state index in [1.54, 1.807) is 0 Å². The molecule has 0 aliphatic rings. The SMILES string of the molecule is CCc1cc(NCC(O)CCl)cc(CC)c1C#N.